The van der Waals surface area contributed by atoms with Crippen LogP contribution in [0.5, 0.6) is 0 Å². The predicted molar refractivity (Wildman–Crippen MR) is 59.4 cm³/mol. The van der Waals surface area contributed by atoms with Crippen molar-refractivity contribution in [1.82, 2.24) is 0 Å². The van der Waals surface area contributed by atoms with Crippen LogP contribution in [0.1, 0.15) is 18.6 Å². The van der Waals surface area contributed by atoms with E-state index < -0.39 is 12.2 Å². The molecule has 2 N–H and O–H groups in total. The number of hydrogen-bond acceptors (Lipinski definition) is 4. The second-order valence-electron chi connectivity index (χ2n) is 3.02. The molecule has 0 spiro atoms. The van der Waals surface area contributed by atoms with Gasteiger partial charge in [-0.2, -0.15) is 5.26 Å². The van der Waals surface area contributed by atoms with Crippen molar-refractivity contribution in [3.05, 3.63) is 29.8 Å². The van der Waals surface area contributed by atoms with E-state index in [0.717, 1.165) is 10.6 Å². The Kier molecular flexibility index (Phi) is 4.63. The Balaban J connectivity index is 2.85. The Morgan fingerprint density at radius 2 is 2.20 bits per heavy atom. The average Bonchev–Trinajstić information content (AvgIpc) is 2.28. The van der Waals surface area contributed by atoms with Crippen molar-refractivity contribution < 1.29 is 10.2 Å². The molecule has 1 rings (SSSR count). The Labute approximate surface area is 93.4 Å². The van der Waals surface area contributed by atoms with E-state index in [0.29, 0.717) is 5.56 Å². The third-order valence-corrected chi connectivity index (χ3v) is 2.82. The van der Waals surface area contributed by atoms with Crippen LogP contribution in [0.15, 0.2) is 29.2 Å². The molecule has 3 nitrogen and oxygen atoms in total. The molecule has 80 valence electrons. The summed E-state index contributed by atoms with van der Waals surface area (Å²) >= 11 is 1.65. The van der Waals surface area contributed by atoms with Crippen LogP contribution in [0.4, 0.5) is 0 Å². The number of aliphatic hydroxyl groups is 2. The SMILES string of the molecule is CCSc1cccc(C(O)C(O)C#N)c1. The molecule has 0 radical (unpaired) electrons. The van der Waals surface area contributed by atoms with Gasteiger partial charge in [0, 0.05) is 4.90 Å². The third-order valence-electron chi connectivity index (χ3n) is 1.94. The molecule has 4 heteroatoms. The lowest BCUT2D eigenvalue weighted by atomic mass is 10.1. The van der Waals surface area contributed by atoms with Gasteiger partial charge in [-0.1, -0.05) is 19.1 Å². The minimum Gasteiger partial charge on any atom is -0.385 e. The van der Waals surface area contributed by atoms with Crippen LogP contribution in [0, 0.1) is 11.3 Å². The molecule has 2 atom stereocenters. The summed E-state index contributed by atoms with van der Waals surface area (Å²) in [5, 5.41) is 27.3. The standard InChI is InChI=1S/C11H13NO2S/c1-2-15-9-5-3-4-8(6-9)11(14)10(13)7-12/h3-6,10-11,13-14H,2H2,1H3. The molecule has 0 fully saturated rings. The summed E-state index contributed by atoms with van der Waals surface area (Å²) in [4.78, 5) is 1.03. The van der Waals surface area contributed by atoms with Gasteiger partial charge in [0.2, 0.25) is 0 Å². The highest BCUT2D eigenvalue weighted by atomic mass is 32.2. The van der Waals surface area contributed by atoms with Crippen LogP contribution in [0.3, 0.4) is 0 Å². The topological polar surface area (TPSA) is 64.2 Å². The van der Waals surface area contributed by atoms with Gasteiger partial charge in [-0.05, 0) is 23.4 Å². The Morgan fingerprint density at radius 3 is 2.80 bits per heavy atom. The quantitative estimate of drug-likeness (QED) is 0.602. The predicted octanol–water partition coefficient (Wildman–Crippen LogP) is 1.72. The van der Waals surface area contributed by atoms with Crippen LogP contribution in [-0.4, -0.2) is 22.1 Å². The molecule has 0 aliphatic rings. The molecule has 0 saturated heterocycles. The smallest absolute Gasteiger partial charge is 0.170 e. The number of nitriles is 1. The van der Waals surface area contributed by atoms with Gasteiger partial charge in [-0.25, -0.2) is 0 Å². The highest BCUT2D eigenvalue weighted by molar-refractivity contribution is 7.99. The first-order chi connectivity index (χ1) is 7.19. The maximum atomic E-state index is 9.60. The minimum absolute atomic E-state index is 0.572. The Hall–Kier alpha value is -1.02. The molecular weight excluding hydrogens is 210 g/mol. The van der Waals surface area contributed by atoms with E-state index in [1.165, 1.54) is 0 Å². The van der Waals surface area contributed by atoms with Crippen LogP contribution < -0.4 is 0 Å². The van der Waals surface area contributed by atoms with Gasteiger partial charge in [-0.15, -0.1) is 11.8 Å². The fourth-order valence-electron chi connectivity index (χ4n) is 1.21. The van der Waals surface area contributed by atoms with E-state index in [1.807, 2.05) is 13.0 Å². The number of thioether (sulfide) groups is 1. The number of aliphatic hydroxyl groups excluding tert-OH is 2. The first-order valence-corrected chi connectivity index (χ1v) is 5.66. The molecule has 0 aliphatic heterocycles. The molecule has 2 unspecified atom stereocenters. The van der Waals surface area contributed by atoms with Gasteiger partial charge in [0.1, 0.15) is 6.10 Å². The minimum atomic E-state index is -1.37. The lowest BCUT2D eigenvalue weighted by Gasteiger charge is -2.12. The average molecular weight is 223 g/mol. The fourth-order valence-corrected chi connectivity index (χ4v) is 1.94. The Bertz CT molecular complexity index is 362. The van der Waals surface area contributed by atoms with Gasteiger partial charge in [-0.3, -0.25) is 0 Å². The van der Waals surface area contributed by atoms with Gasteiger partial charge in [0.15, 0.2) is 6.10 Å². The summed E-state index contributed by atoms with van der Waals surface area (Å²) in [6, 6.07) is 8.84. The lowest BCUT2D eigenvalue weighted by Crippen LogP contribution is -2.15. The fraction of sp³-hybridized carbons (Fsp3) is 0.364. The summed E-state index contributed by atoms with van der Waals surface area (Å²) in [6.07, 6.45) is -2.50. The zero-order valence-corrected chi connectivity index (χ0v) is 9.24. The van der Waals surface area contributed by atoms with Crippen LogP contribution >= 0.6 is 11.8 Å². The van der Waals surface area contributed by atoms with Gasteiger partial charge in [0.25, 0.3) is 0 Å². The van der Waals surface area contributed by atoms with Crippen LogP contribution in [0.2, 0.25) is 0 Å². The summed E-state index contributed by atoms with van der Waals surface area (Å²) < 4.78 is 0. The summed E-state index contributed by atoms with van der Waals surface area (Å²) in [7, 11) is 0. The molecule has 0 heterocycles. The van der Waals surface area contributed by atoms with Gasteiger partial charge in [0.05, 0.1) is 6.07 Å². The maximum Gasteiger partial charge on any atom is 0.170 e. The van der Waals surface area contributed by atoms with E-state index >= 15 is 0 Å². The molecular formula is C11H13NO2S. The summed E-state index contributed by atoms with van der Waals surface area (Å²) in [5.74, 6) is 0.945. The summed E-state index contributed by atoms with van der Waals surface area (Å²) in [6.45, 7) is 2.04. The normalized spacial score (nSPS) is 14.3. The van der Waals surface area contributed by atoms with Crippen molar-refractivity contribution in [1.29, 1.82) is 5.26 Å². The second-order valence-corrected chi connectivity index (χ2v) is 4.36. The highest BCUT2D eigenvalue weighted by Crippen LogP contribution is 2.23. The monoisotopic (exact) mass is 223 g/mol. The van der Waals surface area contributed by atoms with Crippen molar-refractivity contribution in [2.75, 3.05) is 5.75 Å². The third kappa shape index (κ3) is 3.24. The van der Waals surface area contributed by atoms with Crippen molar-refractivity contribution in [2.24, 2.45) is 0 Å². The van der Waals surface area contributed by atoms with Crippen molar-refractivity contribution in [3.8, 4) is 6.07 Å². The van der Waals surface area contributed by atoms with E-state index in [9.17, 15) is 10.2 Å². The first-order valence-electron chi connectivity index (χ1n) is 4.67. The molecule has 1 aromatic carbocycles. The number of nitrogens with zero attached hydrogens (tertiary/aromatic N) is 1. The lowest BCUT2D eigenvalue weighted by molar-refractivity contribution is 0.0526. The van der Waals surface area contributed by atoms with E-state index in [4.69, 9.17) is 5.26 Å². The van der Waals surface area contributed by atoms with Crippen LogP contribution in [-0.2, 0) is 0 Å². The Morgan fingerprint density at radius 1 is 1.47 bits per heavy atom. The maximum absolute atomic E-state index is 9.60. The molecule has 1 aromatic rings. The van der Waals surface area contributed by atoms with Gasteiger partial charge >= 0.3 is 0 Å². The molecule has 0 amide bonds. The number of hydrogen-bond donors (Lipinski definition) is 2. The zero-order chi connectivity index (χ0) is 11.3. The molecule has 0 bridgehead atoms. The first kappa shape index (κ1) is 12.1. The summed E-state index contributed by atoms with van der Waals surface area (Å²) in [5.41, 5.74) is 0.572. The largest absolute Gasteiger partial charge is 0.385 e. The van der Waals surface area contributed by atoms with Crippen molar-refractivity contribution >= 4 is 11.8 Å². The van der Waals surface area contributed by atoms with E-state index in [2.05, 4.69) is 0 Å². The molecule has 15 heavy (non-hydrogen) atoms. The van der Waals surface area contributed by atoms with Crippen LogP contribution in [0.25, 0.3) is 0 Å². The number of benzene rings is 1. The van der Waals surface area contributed by atoms with Crippen molar-refractivity contribution in [3.63, 3.8) is 0 Å². The van der Waals surface area contributed by atoms with Crippen molar-refractivity contribution in [2.45, 2.75) is 24.0 Å². The second kappa shape index (κ2) is 5.76. The highest BCUT2D eigenvalue weighted by Gasteiger charge is 2.17. The molecule has 0 aliphatic carbocycles. The molecule has 0 aromatic heterocycles. The number of rotatable bonds is 4. The van der Waals surface area contributed by atoms with E-state index in [-0.39, 0.29) is 0 Å². The zero-order valence-electron chi connectivity index (χ0n) is 8.42. The van der Waals surface area contributed by atoms with Gasteiger partial charge < -0.3 is 10.2 Å². The van der Waals surface area contributed by atoms with E-state index in [1.54, 1.807) is 36.0 Å². The molecule has 0 saturated carbocycles.